The van der Waals surface area contributed by atoms with Gasteiger partial charge in [0.1, 0.15) is 5.75 Å². The van der Waals surface area contributed by atoms with E-state index in [1.54, 1.807) is 26.0 Å². The summed E-state index contributed by atoms with van der Waals surface area (Å²) in [5, 5.41) is 9.71. The maximum Gasteiger partial charge on any atom is 0.170 e. The molecule has 0 bridgehead atoms. The monoisotopic (exact) mass is 198 g/mol. The van der Waals surface area contributed by atoms with E-state index in [9.17, 15) is 9.90 Å². The molecule has 0 heterocycles. The fourth-order valence-corrected chi connectivity index (χ4v) is 1.31. The molecule has 0 aliphatic carbocycles. The molecule has 0 fully saturated rings. The van der Waals surface area contributed by atoms with Crippen molar-refractivity contribution in [2.24, 2.45) is 5.92 Å². The Morgan fingerprint density at radius 1 is 1.46 bits per heavy atom. The lowest BCUT2D eigenvalue weighted by Gasteiger charge is -2.07. The van der Waals surface area contributed by atoms with Crippen LogP contribution in [0.5, 0.6) is 5.75 Å². The van der Waals surface area contributed by atoms with Gasteiger partial charge in [-0.1, -0.05) is 31.5 Å². The number of Topliss-reactive ketones (excluding diaryl/α,β-unsaturated/α-hetero) is 1. The Balaban J connectivity index is 3.20. The number of aromatic hydroxyl groups is 1. The van der Waals surface area contributed by atoms with Crippen molar-refractivity contribution in [3.8, 4) is 5.75 Å². The molecule has 1 aromatic rings. The minimum absolute atomic E-state index is 0.0498. The smallest absolute Gasteiger partial charge is 0.170 e. The number of rotatable bonds is 2. The van der Waals surface area contributed by atoms with Crippen molar-refractivity contribution >= 4 is 17.4 Å². The molecular formula is C10H11ClO2. The van der Waals surface area contributed by atoms with E-state index in [0.717, 1.165) is 0 Å². The lowest BCUT2D eigenvalue weighted by Crippen LogP contribution is -2.08. The summed E-state index contributed by atoms with van der Waals surface area (Å²) < 4.78 is 0. The lowest BCUT2D eigenvalue weighted by molar-refractivity contribution is 0.0937. The first-order valence-electron chi connectivity index (χ1n) is 4.05. The zero-order chi connectivity index (χ0) is 10.0. The van der Waals surface area contributed by atoms with Gasteiger partial charge in [0.15, 0.2) is 5.78 Å². The van der Waals surface area contributed by atoms with Crippen molar-refractivity contribution in [2.75, 3.05) is 0 Å². The topological polar surface area (TPSA) is 37.3 Å². The fourth-order valence-electron chi connectivity index (χ4n) is 1.05. The van der Waals surface area contributed by atoms with Gasteiger partial charge in [0.05, 0.1) is 10.6 Å². The average molecular weight is 199 g/mol. The zero-order valence-electron chi connectivity index (χ0n) is 7.54. The Hall–Kier alpha value is -1.02. The summed E-state index contributed by atoms with van der Waals surface area (Å²) in [5.74, 6) is -0.347. The molecule has 0 aromatic heterocycles. The summed E-state index contributed by atoms with van der Waals surface area (Å²) in [6.07, 6.45) is 0. The molecule has 0 saturated carbocycles. The van der Waals surface area contributed by atoms with Crippen LogP contribution in [0.3, 0.4) is 0 Å². The van der Waals surface area contributed by atoms with Crippen LogP contribution in [0, 0.1) is 5.92 Å². The second kappa shape index (κ2) is 3.79. The molecular weight excluding hydrogens is 188 g/mol. The van der Waals surface area contributed by atoms with Crippen molar-refractivity contribution in [1.82, 2.24) is 0 Å². The van der Waals surface area contributed by atoms with E-state index >= 15 is 0 Å². The van der Waals surface area contributed by atoms with Crippen molar-refractivity contribution < 1.29 is 9.90 Å². The predicted molar refractivity (Wildman–Crippen MR) is 52.3 cm³/mol. The quantitative estimate of drug-likeness (QED) is 0.742. The Labute approximate surface area is 82.2 Å². The summed E-state index contributed by atoms with van der Waals surface area (Å²) in [7, 11) is 0. The van der Waals surface area contributed by atoms with Crippen LogP contribution in [-0.2, 0) is 0 Å². The molecule has 0 saturated heterocycles. The largest absolute Gasteiger partial charge is 0.507 e. The number of hydrogen-bond acceptors (Lipinski definition) is 2. The zero-order valence-corrected chi connectivity index (χ0v) is 8.30. The Morgan fingerprint density at radius 2 is 2.08 bits per heavy atom. The van der Waals surface area contributed by atoms with E-state index in [1.165, 1.54) is 6.07 Å². The number of ketones is 1. The van der Waals surface area contributed by atoms with Crippen LogP contribution in [-0.4, -0.2) is 10.9 Å². The van der Waals surface area contributed by atoms with Crippen LogP contribution in [0.2, 0.25) is 5.02 Å². The molecule has 0 atom stereocenters. The molecule has 0 unspecified atom stereocenters. The molecule has 3 heteroatoms. The number of carbonyl (C=O) groups is 1. The first-order valence-corrected chi connectivity index (χ1v) is 4.43. The van der Waals surface area contributed by atoms with E-state index < -0.39 is 0 Å². The van der Waals surface area contributed by atoms with Crippen molar-refractivity contribution in [3.05, 3.63) is 28.8 Å². The molecule has 13 heavy (non-hydrogen) atoms. The van der Waals surface area contributed by atoms with E-state index in [4.69, 9.17) is 11.6 Å². The third kappa shape index (κ3) is 2.01. The first kappa shape index (κ1) is 10.1. The second-order valence-electron chi connectivity index (χ2n) is 3.15. The number of halogens is 1. The molecule has 0 aliphatic heterocycles. The number of phenols is 1. The molecule has 0 aliphatic rings. The summed E-state index contributed by atoms with van der Waals surface area (Å²) >= 11 is 5.79. The van der Waals surface area contributed by atoms with Gasteiger partial charge in [-0.3, -0.25) is 4.79 Å². The molecule has 1 N–H and O–H groups in total. The van der Waals surface area contributed by atoms with Crippen molar-refractivity contribution in [2.45, 2.75) is 13.8 Å². The van der Waals surface area contributed by atoms with Gasteiger partial charge in [0.25, 0.3) is 0 Å². The van der Waals surface area contributed by atoms with Crippen LogP contribution in [0.1, 0.15) is 24.2 Å². The van der Waals surface area contributed by atoms with Gasteiger partial charge in [0, 0.05) is 5.92 Å². The summed E-state index contributed by atoms with van der Waals surface area (Å²) in [6, 6.07) is 4.66. The molecule has 70 valence electrons. The highest BCUT2D eigenvalue weighted by Gasteiger charge is 2.17. The Kier molecular flexibility index (Phi) is 2.94. The standard InChI is InChI=1S/C10H11ClO2/c1-6(2)10(13)9-7(11)4-3-5-8(9)12/h3-6,12H,1-2H3. The summed E-state index contributed by atoms with van der Waals surface area (Å²) in [6.45, 7) is 3.54. The molecule has 1 aromatic carbocycles. The molecule has 0 amide bonds. The van der Waals surface area contributed by atoms with Gasteiger partial charge in [0.2, 0.25) is 0 Å². The van der Waals surface area contributed by atoms with Crippen LogP contribution in [0.25, 0.3) is 0 Å². The Bertz CT molecular complexity index is 311. The Morgan fingerprint density at radius 3 is 2.54 bits per heavy atom. The van der Waals surface area contributed by atoms with Gasteiger partial charge in [-0.25, -0.2) is 0 Å². The second-order valence-corrected chi connectivity index (χ2v) is 3.56. The summed E-state index contributed by atoms with van der Waals surface area (Å²) in [5.41, 5.74) is 0.221. The van der Waals surface area contributed by atoms with Crippen LogP contribution in [0.4, 0.5) is 0 Å². The van der Waals surface area contributed by atoms with Gasteiger partial charge in [-0.2, -0.15) is 0 Å². The van der Waals surface area contributed by atoms with Gasteiger partial charge in [-0.05, 0) is 12.1 Å². The van der Waals surface area contributed by atoms with Gasteiger partial charge < -0.3 is 5.11 Å². The van der Waals surface area contributed by atoms with Gasteiger partial charge >= 0.3 is 0 Å². The fraction of sp³-hybridized carbons (Fsp3) is 0.300. The highest BCUT2D eigenvalue weighted by atomic mass is 35.5. The maximum absolute atomic E-state index is 11.5. The highest BCUT2D eigenvalue weighted by Crippen LogP contribution is 2.27. The van der Waals surface area contributed by atoms with Crippen LogP contribution >= 0.6 is 11.6 Å². The normalized spacial score (nSPS) is 10.5. The van der Waals surface area contributed by atoms with E-state index in [2.05, 4.69) is 0 Å². The molecule has 2 nitrogen and oxygen atoms in total. The maximum atomic E-state index is 11.5. The van der Waals surface area contributed by atoms with Crippen LogP contribution in [0.15, 0.2) is 18.2 Å². The van der Waals surface area contributed by atoms with E-state index in [0.29, 0.717) is 5.02 Å². The molecule has 1 rings (SSSR count). The minimum Gasteiger partial charge on any atom is -0.507 e. The SMILES string of the molecule is CC(C)C(=O)c1c(O)cccc1Cl. The third-order valence-corrected chi connectivity index (χ3v) is 2.08. The minimum atomic E-state index is -0.161. The van der Waals surface area contributed by atoms with Crippen molar-refractivity contribution in [3.63, 3.8) is 0 Å². The lowest BCUT2D eigenvalue weighted by atomic mass is 10.0. The van der Waals surface area contributed by atoms with Crippen molar-refractivity contribution in [1.29, 1.82) is 0 Å². The van der Waals surface area contributed by atoms with E-state index in [-0.39, 0.29) is 23.0 Å². The molecule has 0 spiro atoms. The highest BCUT2D eigenvalue weighted by molar-refractivity contribution is 6.34. The number of benzene rings is 1. The average Bonchev–Trinajstić information content (AvgIpc) is 2.03. The number of hydrogen-bond donors (Lipinski definition) is 1. The molecule has 0 radical (unpaired) electrons. The van der Waals surface area contributed by atoms with E-state index in [1.807, 2.05) is 0 Å². The number of phenolic OH excluding ortho intramolecular Hbond substituents is 1. The third-order valence-electron chi connectivity index (χ3n) is 1.76. The predicted octanol–water partition coefficient (Wildman–Crippen LogP) is 2.88. The van der Waals surface area contributed by atoms with Gasteiger partial charge in [-0.15, -0.1) is 0 Å². The summed E-state index contributed by atoms with van der Waals surface area (Å²) in [4.78, 5) is 11.5. The van der Waals surface area contributed by atoms with Crippen LogP contribution < -0.4 is 0 Å². The number of carbonyl (C=O) groups excluding carboxylic acids is 1. The first-order chi connectivity index (χ1) is 6.04.